The number of aliphatic imine (C=N–C) groups is 1. The van der Waals surface area contributed by atoms with Crippen LogP contribution in [0.2, 0.25) is 5.02 Å². The number of rotatable bonds is 5. The molecule has 0 aliphatic carbocycles. The van der Waals surface area contributed by atoms with E-state index in [1.54, 1.807) is 19.2 Å². The summed E-state index contributed by atoms with van der Waals surface area (Å²) in [5.41, 5.74) is 0. The zero-order valence-corrected chi connectivity index (χ0v) is 17.6. The molecule has 1 fully saturated rings. The van der Waals surface area contributed by atoms with Crippen molar-refractivity contribution in [3.05, 3.63) is 29.3 Å². The summed E-state index contributed by atoms with van der Waals surface area (Å²) in [5.74, 6) is 1.72. The number of hydrogen-bond donors (Lipinski definition) is 2. The number of halogens is 2. The molecule has 0 saturated carbocycles. The standard InChI is InChI=1S/C15H22ClN3O3S.HI/c1-11(22-14-5-3-12(16)4-6-14)9-18-15(17-2)19-13-7-8-23(20,21)10-13;/h3-6,11,13H,7-10H2,1-2H3,(H2,17,18,19);1H. The fraction of sp³-hybridized carbons (Fsp3) is 0.533. The van der Waals surface area contributed by atoms with Crippen LogP contribution in [-0.4, -0.2) is 51.6 Å². The first-order valence-electron chi connectivity index (χ1n) is 7.48. The third-order valence-corrected chi connectivity index (χ3v) is 5.52. The van der Waals surface area contributed by atoms with Crippen LogP contribution in [0.25, 0.3) is 0 Å². The highest BCUT2D eigenvalue weighted by molar-refractivity contribution is 14.0. The lowest BCUT2D eigenvalue weighted by atomic mass is 10.3. The normalized spacial score (nSPS) is 20.8. The summed E-state index contributed by atoms with van der Waals surface area (Å²) in [6.45, 7) is 2.48. The van der Waals surface area contributed by atoms with Crippen molar-refractivity contribution in [3.63, 3.8) is 0 Å². The average Bonchev–Trinajstić information content (AvgIpc) is 2.85. The Labute approximate surface area is 165 Å². The summed E-state index contributed by atoms with van der Waals surface area (Å²) in [4.78, 5) is 4.12. The van der Waals surface area contributed by atoms with E-state index in [0.717, 1.165) is 5.75 Å². The van der Waals surface area contributed by atoms with Crippen molar-refractivity contribution in [3.8, 4) is 5.75 Å². The van der Waals surface area contributed by atoms with Gasteiger partial charge in [-0.05, 0) is 37.6 Å². The Hall–Kier alpha value is -0.740. The van der Waals surface area contributed by atoms with Gasteiger partial charge in [0.05, 0.1) is 18.1 Å². The van der Waals surface area contributed by atoms with Crippen molar-refractivity contribution in [2.75, 3.05) is 25.1 Å². The molecule has 1 aliphatic rings. The van der Waals surface area contributed by atoms with Crippen molar-refractivity contribution >= 4 is 51.4 Å². The topological polar surface area (TPSA) is 79.8 Å². The number of nitrogens with one attached hydrogen (secondary N) is 2. The molecule has 2 atom stereocenters. The van der Waals surface area contributed by atoms with Gasteiger partial charge in [-0.3, -0.25) is 4.99 Å². The van der Waals surface area contributed by atoms with Gasteiger partial charge in [-0.1, -0.05) is 11.6 Å². The van der Waals surface area contributed by atoms with E-state index in [2.05, 4.69) is 15.6 Å². The highest BCUT2D eigenvalue weighted by Crippen LogP contribution is 2.16. The molecule has 0 aromatic heterocycles. The number of sulfone groups is 1. The van der Waals surface area contributed by atoms with Crippen LogP contribution in [0.3, 0.4) is 0 Å². The molecule has 9 heteroatoms. The Kier molecular flexibility index (Phi) is 8.58. The zero-order chi connectivity index (χ0) is 16.9. The number of ether oxygens (including phenoxy) is 1. The summed E-state index contributed by atoms with van der Waals surface area (Å²) in [6, 6.07) is 7.10. The van der Waals surface area contributed by atoms with E-state index in [4.69, 9.17) is 16.3 Å². The summed E-state index contributed by atoms with van der Waals surface area (Å²) in [7, 11) is -1.25. The van der Waals surface area contributed by atoms with Crippen molar-refractivity contribution in [1.82, 2.24) is 10.6 Å². The van der Waals surface area contributed by atoms with Crippen molar-refractivity contribution in [1.29, 1.82) is 0 Å². The van der Waals surface area contributed by atoms with Crippen LogP contribution < -0.4 is 15.4 Å². The average molecular weight is 488 g/mol. The number of hydrogen-bond acceptors (Lipinski definition) is 4. The van der Waals surface area contributed by atoms with Crippen LogP contribution in [0.5, 0.6) is 5.75 Å². The zero-order valence-electron chi connectivity index (χ0n) is 13.7. The fourth-order valence-corrected chi connectivity index (χ4v) is 4.12. The lowest BCUT2D eigenvalue weighted by molar-refractivity contribution is 0.223. The van der Waals surface area contributed by atoms with E-state index < -0.39 is 9.84 Å². The van der Waals surface area contributed by atoms with E-state index in [-0.39, 0.29) is 47.6 Å². The Bertz CT molecular complexity index is 652. The molecule has 1 aromatic carbocycles. The minimum absolute atomic E-state index is 0. The minimum Gasteiger partial charge on any atom is -0.489 e. The molecule has 1 aliphatic heterocycles. The summed E-state index contributed by atoms with van der Waals surface area (Å²) in [5, 5.41) is 6.95. The fourth-order valence-electron chi connectivity index (χ4n) is 2.32. The highest BCUT2D eigenvalue weighted by Gasteiger charge is 2.28. The molecule has 136 valence electrons. The molecule has 0 amide bonds. The maximum atomic E-state index is 11.5. The molecule has 1 heterocycles. The summed E-state index contributed by atoms with van der Waals surface area (Å²) >= 11 is 5.84. The molecular formula is C15H23ClIN3O3S. The van der Waals surface area contributed by atoms with Gasteiger partial charge in [-0.25, -0.2) is 8.42 Å². The van der Waals surface area contributed by atoms with Crippen LogP contribution in [0, 0.1) is 0 Å². The maximum absolute atomic E-state index is 11.5. The molecule has 0 spiro atoms. The molecule has 0 bridgehead atoms. The van der Waals surface area contributed by atoms with Gasteiger partial charge in [-0.2, -0.15) is 0 Å². The van der Waals surface area contributed by atoms with E-state index in [0.29, 0.717) is 23.9 Å². The third kappa shape index (κ3) is 7.02. The van der Waals surface area contributed by atoms with Gasteiger partial charge >= 0.3 is 0 Å². The van der Waals surface area contributed by atoms with Gasteiger partial charge in [0.15, 0.2) is 15.8 Å². The molecule has 2 N–H and O–H groups in total. The first-order valence-corrected chi connectivity index (χ1v) is 9.68. The van der Waals surface area contributed by atoms with E-state index in [9.17, 15) is 8.42 Å². The van der Waals surface area contributed by atoms with Crippen LogP contribution in [0.1, 0.15) is 13.3 Å². The van der Waals surface area contributed by atoms with Crippen LogP contribution in [-0.2, 0) is 9.84 Å². The van der Waals surface area contributed by atoms with Gasteiger partial charge in [0.25, 0.3) is 0 Å². The van der Waals surface area contributed by atoms with Gasteiger partial charge in [-0.15, -0.1) is 24.0 Å². The van der Waals surface area contributed by atoms with Crippen molar-refractivity contribution < 1.29 is 13.2 Å². The molecule has 2 rings (SSSR count). The van der Waals surface area contributed by atoms with Crippen molar-refractivity contribution in [2.45, 2.75) is 25.5 Å². The van der Waals surface area contributed by atoms with Gasteiger partial charge < -0.3 is 15.4 Å². The van der Waals surface area contributed by atoms with Crippen LogP contribution >= 0.6 is 35.6 Å². The van der Waals surface area contributed by atoms with Gasteiger partial charge in [0.2, 0.25) is 0 Å². The Morgan fingerprint density at radius 2 is 2.08 bits per heavy atom. The monoisotopic (exact) mass is 487 g/mol. The lowest BCUT2D eigenvalue weighted by Crippen LogP contribution is -2.46. The van der Waals surface area contributed by atoms with Gasteiger partial charge in [0.1, 0.15) is 11.9 Å². The highest BCUT2D eigenvalue weighted by atomic mass is 127. The smallest absolute Gasteiger partial charge is 0.191 e. The first-order chi connectivity index (χ1) is 10.9. The summed E-state index contributed by atoms with van der Waals surface area (Å²) in [6.07, 6.45) is 0.530. The quantitative estimate of drug-likeness (QED) is 0.378. The second kappa shape index (κ2) is 9.67. The van der Waals surface area contributed by atoms with Crippen LogP contribution in [0.15, 0.2) is 29.3 Å². The largest absolute Gasteiger partial charge is 0.489 e. The number of benzene rings is 1. The molecule has 1 aromatic rings. The van der Waals surface area contributed by atoms with Crippen molar-refractivity contribution in [2.24, 2.45) is 4.99 Å². The Morgan fingerprint density at radius 1 is 1.42 bits per heavy atom. The van der Waals surface area contributed by atoms with E-state index in [1.165, 1.54) is 0 Å². The molecule has 24 heavy (non-hydrogen) atoms. The second-order valence-electron chi connectivity index (χ2n) is 5.58. The lowest BCUT2D eigenvalue weighted by Gasteiger charge is -2.19. The predicted octanol–water partition coefficient (Wildman–Crippen LogP) is 2.08. The SMILES string of the molecule is CN=C(NCC(C)Oc1ccc(Cl)cc1)NC1CCS(=O)(=O)C1.I. The second-order valence-corrected chi connectivity index (χ2v) is 8.24. The van der Waals surface area contributed by atoms with Crippen LogP contribution in [0.4, 0.5) is 0 Å². The Balaban J connectivity index is 0.00000288. The van der Waals surface area contributed by atoms with E-state index in [1.807, 2.05) is 19.1 Å². The molecule has 2 unspecified atom stereocenters. The third-order valence-electron chi connectivity index (χ3n) is 3.50. The Morgan fingerprint density at radius 3 is 2.62 bits per heavy atom. The summed E-state index contributed by atoms with van der Waals surface area (Å²) < 4.78 is 28.7. The van der Waals surface area contributed by atoms with Gasteiger partial charge in [0, 0.05) is 18.1 Å². The first kappa shape index (κ1) is 21.3. The molecule has 6 nitrogen and oxygen atoms in total. The molecule has 0 radical (unpaired) electrons. The minimum atomic E-state index is -2.91. The predicted molar refractivity (Wildman–Crippen MR) is 109 cm³/mol. The molecule has 1 saturated heterocycles. The molecular weight excluding hydrogens is 465 g/mol. The number of guanidine groups is 1. The number of nitrogens with zero attached hydrogens (tertiary/aromatic N) is 1. The van der Waals surface area contributed by atoms with E-state index >= 15 is 0 Å². The maximum Gasteiger partial charge on any atom is 0.191 e.